The van der Waals surface area contributed by atoms with Crippen LogP contribution >= 0.6 is 11.8 Å². The van der Waals surface area contributed by atoms with Crippen molar-refractivity contribution in [1.29, 1.82) is 0 Å². The Morgan fingerprint density at radius 2 is 1.75 bits per heavy atom. The van der Waals surface area contributed by atoms with Crippen molar-refractivity contribution in [3.8, 4) is 0 Å². The normalized spacial score (nSPS) is 10.6. The molecule has 0 saturated heterocycles. The summed E-state index contributed by atoms with van der Waals surface area (Å²) in [4.78, 5) is 35.8. The lowest BCUT2D eigenvalue weighted by molar-refractivity contribution is -0.124. The van der Waals surface area contributed by atoms with Crippen molar-refractivity contribution in [1.82, 2.24) is 15.5 Å². The molecule has 0 unspecified atom stereocenters. The Morgan fingerprint density at radius 1 is 1.04 bits per heavy atom. The third-order valence-electron chi connectivity index (χ3n) is 3.90. The highest BCUT2D eigenvalue weighted by Gasteiger charge is 2.16. The van der Waals surface area contributed by atoms with E-state index in [1.54, 1.807) is 36.0 Å². The Labute approximate surface area is 165 Å². The first kappa shape index (κ1) is 19.6. The second-order valence-corrected chi connectivity index (χ2v) is 7.02. The van der Waals surface area contributed by atoms with Gasteiger partial charge in [-0.1, -0.05) is 48.5 Å². The second-order valence-electron chi connectivity index (χ2n) is 5.91. The average Bonchev–Trinajstić information content (AvgIpc) is 2.73. The van der Waals surface area contributed by atoms with Crippen LogP contribution in [0.3, 0.4) is 0 Å². The molecule has 1 aromatic heterocycles. The molecule has 1 amide bonds. The first-order valence-electron chi connectivity index (χ1n) is 8.68. The Bertz CT molecular complexity index is 1020. The third-order valence-corrected chi connectivity index (χ3v) is 4.93. The fourth-order valence-electron chi connectivity index (χ4n) is 2.55. The van der Waals surface area contributed by atoms with E-state index in [4.69, 9.17) is 4.74 Å². The number of amides is 1. The van der Waals surface area contributed by atoms with Crippen LogP contribution < -0.4 is 10.9 Å². The van der Waals surface area contributed by atoms with Crippen molar-refractivity contribution in [2.45, 2.75) is 5.75 Å². The fraction of sp³-hybridized carbons (Fsp3) is 0.200. The molecule has 2 aromatic carbocycles. The van der Waals surface area contributed by atoms with Gasteiger partial charge in [0.25, 0.3) is 11.5 Å². The van der Waals surface area contributed by atoms with Crippen LogP contribution in [0.4, 0.5) is 0 Å². The van der Waals surface area contributed by atoms with Gasteiger partial charge < -0.3 is 10.1 Å². The Kier molecular flexibility index (Phi) is 6.80. The molecule has 0 radical (unpaired) electrons. The molecule has 0 aliphatic carbocycles. The van der Waals surface area contributed by atoms with Crippen molar-refractivity contribution in [2.24, 2.45) is 0 Å². The summed E-state index contributed by atoms with van der Waals surface area (Å²) in [6, 6.07) is 16.7. The van der Waals surface area contributed by atoms with Gasteiger partial charge in [-0.3, -0.25) is 9.59 Å². The zero-order valence-electron chi connectivity index (χ0n) is 15.0. The summed E-state index contributed by atoms with van der Waals surface area (Å²) in [6.45, 7) is 0.0744. The number of nitrogens with zero attached hydrogens (tertiary/aromatic N) is 1. The van der Waals surface area contributed by atoms with Crippen LogP contribution in [0.15, 0.2) is 59.4 Å². The van der Waals surface area contributed by atoms with Crippen LogP contribution in [0, 0.1) is 0 Å². The number of rotatable bonds is 8. The van der Waals surface area contributed by atoms with E-state index in [2.05, 4.69) is 27.6 Å². The second kappa shape index (κ2) is 9.70. The molecule has 0 spiro atoms. The largest absolute Gasteiger partial charge is 0.451 e. The van der Waals surface area contributed by atoms with Crippen molar-refractivity contribution < 1.29 is 14.3 Å². The van der Waals surface area contributed by atoms with Crippen molar-refractivity contribution >= 4 is 34.4 Å². The summed E-state index contributed by atoms with van der Waals surface area (Å²) < 4.78 is 5.02. The van der Waals surface area contributed by atoms with Crippen LogP contribution in [0.25, 0.3) is 10.8 Å². The lowest BCUT2D eigenvalue weighted by atomic mass is 10.1. The summed E-state index contributed by atoms with van der Waals surface area (Å²) in [5, 5.41) is 9.44. The lowest BCUT2D eigenvalue weighted by Crippen LogP contribution is -2.30. The average molecular weight is 397 g/mol. The third kappa shape index (κ3) is 5.20. The van der Waals surface area contributed by atoms with Crippen LogP contribution in [-0.2, 0) is 15.3 Å². The van der Waals surface area contributed by atoms with Gasteiger partial charge in [0.05, 0.1) is 5.39 Å². The number of aromatic nitrogens is 2. The number of H-pyrrole nitrogens is 1. The number of benzene rings is 2. The number of fused-ring (bicyclic) bond motifs is 1. The van der Waals surface area contributed by atoms with Gasteiger partial charge in [0.2, 0.25) is 0 Å². The number of esters is 1. The van der Waals surface area contributed by atoms with Crippen LogP contribution in [0.5, 0.6) is 0 Å². The van der Waals surface area contributed by atoms with Gasteiger partial charge in [0.1, 0.15) is 0 Å². The summed E-state index contributed by atoms with van der Waals surface area (Å²) >= 11 is 1.71. The summed E-state index contributed by atoms with van der Waals surface area (Å²) in [5.74, 6) is 0.473. The molecule has 0 fully saturated rings. The van der Waals surface area contributed by atoms with Gasteiger partial charge in [-0.15, -0.1) is 0 Å². The van der Waals surface area contributed by atoms with E-state index in [-0.39, 0.29) is 11.6 Å². The van der Waals surface area contributed by atoms with E-state index < -0.39 is 18.1 Å². The van der Waals surface area contributed by atoms with Crippen molar-refractivity contribution in [3.63, 3.8) is 0 Å². The van der Waals surface area contributed by atoms with Crippen LogP contribution in [0.1, 0.15) is 16.1 Å². The first-order chi connectivity index (χ1) is 13.6. The molecule has 0 bridgehead atoms. The van der Waals surface area contributed by atoms with E-state index in [9.17, 15) is 14.4 Å². The molecule has 1 heterocycles. The molecular formula is C20H19N3O4S. The molecule has 28 heavy (non-hydrogen) atoms. The predicted molar refractivity (Wildman–Crippen MR) is 108 cm³/mol. The van der Waals surface area contributed by atoms with Gasteiger partial charge in [-0.05, 0) is 11.6 Å². The minimum Gasteiger partial charge on any atom is -0.451 e. The molecule has 8 heteroatoms. The minimum atomic E-state index is -0.763. The molecule has 0 aliphatic rings. The number of hydrogen-bond donors (Lipinski definition) is 2. The monoisotopic (exact) mass is 397 g/mol. The van der Waals surface area contributed by atoms with E-state index >= 15 is 0 Å². The maximum Gasteiger partial charge on any atom is 0.359 e. The quantitative estimate of drug-likeness (QED) is 0.446. The fourth-order valence-corrected chi connectivity index (χ4v) is 3.37. The van der Waals surface area contributed by atoms with Gasteiger partial charge in [-0.2, -0.15) is 16.9 Å². The number of nitrogens with one attached hydrogen (secondary N) is 2. The maximum absolute atomic E-state index is 12.2. The number of aromatic amines is 1. The smallest absolute Gasteiger partial charge is 0.359 e. The standard InChI is InChI=1S/C20H19N3O4S/c24-17(21-10-11-28-13-14-6-2-1-3-7-14)12-27-20(26)18-15-8-4-5-9-16(15)19(25)23-22-18/h1-9H,10-13H2,(H,21,24)(H,23,25). The summed E-state index contributed by atoms with van der Waals surface area (Å²) in [6.07, 6.45) is 0. The number of hydrogen-bond acceptors (Lipinski definition) is 6. The van der Waals surface area contributed by atoms with Crippen LogP contribution in [-0.4, -0.2) is 41.0 Å². The molecule has 0 saturated carbocycles. The van der Waals surface area contributed by atoms with E-state index in [1.807, 2.05) is 18.2 Å². The first-order valence-corrected chi connectivity index (χ1v) is 9.83. The minimum absolute atomic E-state index is 0.0265. The highest BCUT2D eigenvalue weighted by Crippen LogP contribution is 2.13. The van der Waals surface area contributed by atoms with Gasteiger partial charge in [0, 0.05) is 23.4 Å². The van der Waals surface area contributed by atoms with Gasteiger partial charge in [0.15, 0.2) is 12.3 Å². The molecule has 3 rings (SSSR count). The van der Waals surface area contributed by atoms with Gasteiger partial charge in [-0.25, -0.2) is 9.89 Å². The predicted octanol–water partition coefficient (Wildman–Crippen LogP) is 2.13. The number of carbonyl (C=O) groups is 2. The molecule has 0 atom stereocenters. The van der Waals surface area contributed by atoms with Crippen LogP contribution in [0.2, 0.25) is 0 Å². The van der Waals surface area contributed by atoms with E-state index in [0.29, 0.717) is 17.3 Å². The number of ether oxygens (including phenoxy) is 1. The molecule has 7 nitrogen and oxygen atoms in total. The van der Waals surface area contributed by atoms with Gasteiger partial charge >= 0.3 is 5.97 Å². The summed E-state index contributed by atoms with van der Waals surface area (Å²) in [7, 11) is 0. The maximum atomic E-state index is 12.2. The summed E-state index contributed by atoms with van der Waals surface area (Å²) in [5.41, 5.74) is 0.813. The Morgan fingerprint density at radius 3 is 2.54 bits per heavy atom. The topological polar surface area (TPSA) is 101 Å². The van der Waals surface area contributed by atoms with Crippen molar-refractivity contribution in [3.05, 3.63) is 76.2 Å². The number of thioether (sulfide) groups is 1. The zero-order chi connectivity index (χ0) is 19.8. The molecule has 3 aromatic rings. The van der Waals surface area contributed by atoms with Crippen molar-refractivity contribution in [2.75, 3.05) is 18.9 Å². The molecular weight excluding hydrogens is 378 g/mol. The highest BCUT2D eigenvalue weighted by molar-refractivity contribution is 7.98. The molecule has 2 N–H and O–H groups in total. The lowest BCUT2D eigenvalue weighted by Gasteiger charge is -2.07. The molecule has 144 valence electrons. The van der Waals surface area contributed by atoms with E-state index in [1.165, 1.54) is 5.56 Å². The Balaban J connectivity index is 1.43. The number of carbonyl (C=O) groups excluding carboxylic acids is 2. The Hall–Kier alpha value is -3.13. The SMILES string of the molecule is O=C(COC(=O)c1n[nH]c(=O)c2ccccc12)NCCSCc1ccccc1. The molecule has 0 aliphatic heterocycles. The van der Waals surface area contributed by atoms with E-state index in [0.717, 1.165) is 11.5 Å². The zero-order valence-corrected chi connectivity index (χ0v) is 15.8. The highest BCUT2D eigenvalue weighted by atomic mass is 32.2.